The molecule has 3 rings (SSSR count). The number of rotatable bonds is 7. The molecule has 1 fully saturated rings. The fourth-order valence-corrected chi connectivity index (χ4v) is 3.27. The fraction of sp³-hybridized carbons (Fsp3) is 0.455. The molecule has 0 aliphatic heterocycles. The average Bonchev–Trinajstić information content (AvgIpc) is 3.09. The van der Waals surface area contributed by atoms with Crippen molar-refractivity contribution in [2.75, 3.05) is 0 Å². The van der Waals surface area contributed by atoms with Crippen molar-refractivity contribution >= 4 is 0 Å². The Bertz CT molecular complexity index is 650. The van der Waals surface area contributed by atoms with Crippen LogP contribution in [0.3, 0.4) is 0 Å². The lowest BCUT2D eigenvalue weighted by molar-refractivity contribution is 0.0786. The van der Waals surface area contributed by atoms with Gasteiger partial charge in [0.25, 0.3) is 0 Å². The Hall–Kier alpha value is -1.84. The predicted molar refractivity (Wildman–Crippen MR) is 102 cm³/mol. The summed E-state index contributed by atoms with van der Waals surface area (Å²) in [6.07, 6.45) is 5.38. The number of ether oxygens (including phenoxy) is 1. The molecule has 0 unspecified atom stereocenters. The Labute approximate surface area is 151 Å². The van der Waals surface area contributed by atoms with Crippen LogP contribution in [0, 0.1) is 0 Å². The summed E-state index contributed by atoms with van der Waals surface area (Å²) < 4.78 is 6.00. The topological polar surface area (TPSA) is 41.5 Å². The first-order chi connectivity index (χ1) is 12.0. The molecule has 1 aliphatic carbocycles. The molecule has 0 radical (unpaired) electrons. The lowest BCUT2D eigenvalue weighted by atomic mass is 9.97. The molecule has 0 bridgehead atoms. The second-order valence-electron chi connectivity index (χ2n) is 7.53. The highest BCUT2D eigenvalue weighted by Crippen LogP contribution is 2.24. The van der Waals surface area contributed by atoms with E-state index in [0.29, 0.717) is 6.10 Å². The smallest absolute Gasteiger partial charge is 0.119 e. The van der Waals surface area contributed by atoms with Crippen LogP contribution >= 0.6 is 0 Å². The van der Waals surface area contributed by atoms with Crippen LogP contribution in [-0.4, -0.2) is 11.2 Å². The summed E-state index contributed by atoms with van der Waals surface area (Å²) in [5.74, 6) is 0.984. The minimum atomic E-state index is -0.783. The second-order valence-corrected chi connectivity index (χ2v) is 7.53. The highest BCUT2D eigenvalue weighted by Gasteiger charge is 2.16. The van der Waals surface area contributed by atoms with E-state index < -0.39 is 5.60 Å². The molecule has 0 atom stereocenters. The van der Waals surface area contributed by atoms with Gasteiger partial charge in [-0.05, 0) is 68.4 Å². The Morgan fingerprint density at radius 2 is 1.44 bits per heavy atom. The third-order valence-corrected chi connectivity index (χ3v) is 4.85. The van der Waals surface area contributed by atoms with E-state index in [1.54, 1.807) is 13.8 Å². The Balaban J connectivity index is 1.45. The Morgan fingerprint density at radius 3 is 1.96 bits per heavy atom. The van der Waals surface area contributed by atoms with Crippen LogP contribution in [0.15, 0.2) is 48.5 Å². The van der Waals surface area contributed by atoms with Crippen LogP contribution < -0.4 is 10.1 Å². The number of hydrogen-bond acceptors (Lipinski definition) is 3. The van der Waals surface area contributed by atoms with E-state index in [4.69, 9.17) is 4.74 Å². The van der Waals surface area contributed by atoms with E-state index in [9.17, 15) is 5.11 Å². The van der Waals surface area contributed by atoms with E-state index in [2.05, 4.69) is 41.7 Å². The zero-order valence-corrected chi connectivity index (χ0v) is 15.3. The summed E-state index contributed by atoms with van der Waals surface area (Å²) in [6, 6.07) is 16.5. The monoisotopic (exact) mass is 339 g/mol. The maximum Gasteiger partial charge on any atom is 0.119 e. The van der Waals surface area contributed by atoms with Crippen LogP contribution in [-0.2, 0) is 18.7 Å². The van der Waals surface area contributed by atoms with Crippen LogP contribution in [0.4, 0.5) is 0 Å². The van der Waals surface area contributed by atoms with Gasteiger partial charge >= 0.3 is 0 Å². The first-order valence-corrected chi connectivity index (χ1v) is 9.29. The zero-order chi connectivity index (χ0) is 17.7. The minimum absolute atomic E-state index is 0.413. The van der Waals surface area contributed by atoms with Crippen molar-refractivity contribution < 1.29 is 9.84 Å². The first kappa shape index (κ1) is 18.0. The van der Waals surface area contributed by atoms with Crippen LogP contribution in [0.2, 0.25) is 0 Å². The largest absolute Gasteiger partial charge is 0.490 e. The van der Waals surface area contributed by atoms with Crippen molar-refractivity contribution in [1.82, 2.24) is 5.32 Å². The molecule has 0 spiro atoms. The first-order valence-electron chi connectivity index (χ1n) is 9.29. The molecule has 25 heavy (non-hydrogen) atoms. The lowest BCUT2D eigenvalue weighted by Gasteiger charge is -2.18. The van der Waals surface area contributed by atoms with Crippen molar-refractivity contribution in [3.05, 3.63) is 65.2 Å². The fourth-order valence-electron chi connectivity index (χ4n) is 3.27. The molecule has 0 heterocycles. The van der Waals surface area contributed by atoms with Gasteiger partial charge in [-0.3, -0.25) is 0 Å². The van der Waals surface area contributed by atoms with Crippen molar-refractivity contribution in [1.29, 1.82) is 0 Å². The summed E-state index contributed by atoms with van der Waals surface area (Å²) in [5, 5.41) is 13.5. The molecule has 0 amide bonds. The quantitative estimate of drug-likeness (QED) is 0.779. The van der Waals surface area contributed by atoms with Crippen molar-refractivity contribution in [2.45, 2.75) is 64.3 Å². The molecular formula is C22H29NO2. The van der Waals surface area contributed by atoms with Crippen molar-refractivity contribution in [3.63, 3.8) is 0 Å². The Kier molecular flexibility index (Phi) is 5.77. The summed E-state index contributed by atoms with van der Waals surface area (Å²) in [6.45, 7) is 5.25. The number of hydrogen-bond donors (Lipinski definition) is 2. The molecule has 0 aromatic heterocycles. The molecule has 2 N–H and O–H groups in total. The predicted octanol–water partition coefficient (Wildman–Crippen LogP) is 4.53. The third kappa shape index (κ3) is 5.32. The molecule has 3 heteroatoms. The second kappa shape index (κ2) is 8.03. The summed E-state index contributed by atoms with van der Waals surface area (Å²) in [7, 11) is 0. The lowest BCUT2D eigenvalue weighted by Crippen LogP contribution is -2.16. The van der Waals surface area contributed by atoms with E-state index >= 15 is 0 Å². The summed E-state index contributed by atoms with van der Waals surface area (Å²) in [5.41, 5.74) is 2.63. The van der Waals surface area contributed by atoms with Crippen LogP contribution in [0.25, 0.3) is 0 Å². The zero-order valence-electron chi connectivity index (χ0n) is 15.3. The van der Waals surface area contributed by atoms with Gasteiger partial charge in [-0.2, -0.15) is 0 Å². The Morgan fingerprint density at radius 1 is 0.920 bits per heavy atom. The van der Waals surface area contributed by atoms with Crippen LogP contribution in [0.5, 0.6) is 5.75 Å². The normalized spacial score (nSPS) is 15.5. The summed E-state index contributed by atoms with van der Waals surface area (Å²) >= 11 is 0. The maximum absolute atomic E-state index is 9.99. The van der Waals surface area contributed by atoms with Gasteiger partial charge in [0.05, 0.1) is 11.7 Å². The highest BCUT2D eigenvalue weighted by molar-refractivity contribution is 5.28. The SMILES string of the molecule is CC(C)(O)c1ccc(CNCc2ccc(OC3CCCC3)cc2)cc1. The van der Waals surface area contributed by atoms with E-state index in [1.165, 1.54) is 36.8 Å². The number of benzene rings is 2. The van der Waals surface area contributed by atoms with Crippen LogP contribution in [0.1, 0.15) is 56.2 Å². The third-order valence-electron chi connectivity index (χ3n) is 4.85. The standard InChI is InChI=1S/C22H29NO2/c1-22(2,24)19-11-7-17(8-12-19)15-23-16-18-9-13-21(14-10-18)25-20-5-3-4-6-20/h7-14,20,23-24H,3-6,15-16H2,1-2H3. The van der Waals surface area contributed by atoms with Crippen molar-refractivity contribution in [3.8, 4) is 5.75 Å². The van der Waals surface area contributed by atoms with E-state index in [0.717, 1.165) is 24.4 Å². The van der Waals surface area contributed by atoms with Gasteiger partial charge in [-0.25, -0.2) is 0 Å². The van der Waals surface area contributed by atoms with Gasteiger partial charge in [0.15, 0.2) is 0 Å². The molecule has 3 nitrogen and oxygen atoms in total. The average molecular weight is 339 g/mol. The highest BCUT2D eigenvalue weighted by atomic mass is 16.5. The van der Waals surface area contributed by atoms with Gasteiger partial charge in [0.1, 0.15) is 5.75 Å². The molecule has 134 valence electrons. The minimum Gasteiger partial charge on any atom is -0.490 e. The van der Waals surface area contributed by atoms with Gasteiger partial charge < -0.3 is 15.2 Å². The van der Waals surface area contributed by atoms with Gasteiger partial charge in [-0.15, -0.1) is 0 Å². The molecule has 2 aromatic rings. The van der Waals surface area contributed by atoms with E-state index in [-0.39, 0.29) is 0 Å². The molecule has 2 aromatic carbocycles. The van der Waals surface area contributed by atoms with Gasteiger partial charge in [0, 0.05) is 13.1 Å². The number of aliphatic hydroxyl groups is 1. The van der Waals surface area contributed by atoms with Gasteiger partial charge in [-0.1, -0.05) is 36.4 Å². The van der Waals surface area contributed by atoms with E-state index in [1.807, 2.05) is 12.1 Å². The molecule has 1 saturated carbocycles. The molecule has 1 aliphatic rings. The summed E-state index contributed by atoms with van der Waals surface area (Å²) in [4.78, 5) is 0. The van der Waals surface area contributed by atoms with Gasteiger partial charge in [0.2, 0.25) is 0 Å². The molecule has 0 saturated heterocycles. The number of nitrogens with one attached hydrogen (secondary N) is 1. The van der Waals surface area contributed by atoms with Crippen molar-refractivity contribution in [2.24, 2.45) is 0 Å². The molecular weight excluding hydrogens is 310 g/mol. The maximum atomic E-state index is 9.99.